The van der Waals surface area contributed by atoms with Gasteiger partial charge in [-0.1, -0.05) is 18.2 Å². The molecule has 1 aromatic rings. The van der Waals surface area contributed by atoms with Gasteiger partial charge in [0.05, 0.1) is 0 Å². The van der Waals surface area contributed by atoms with Crippen LogP contribution in [0.4, 0.5) is 10.5 Å². The van der Waals surface area contributed by atoms with E-state index < -0.39 is 5.60 Å². The number of rotatable bonds is 6. The van der Waals surface area contributed by atoms with Gasteiger partial charge in [0, 0.05) is 18.8 Å². The van der Waals surface area contributed by atoms with Crippen molar-refractivity contribution in [3.63, 3.8) is 0 Å². The first-order chi connectivity index (χ1) is 9.38. The van der Waals surface area contributed by atoms with Crippen LogP contribution >= 0.6 is 0 Å². The summed E-state index contributed by atoms with van der Waals surface area (Å²) in [5.74, 6) is 0. The quantitative estimate of drug-likeness (QED) is 0.551. The molecule has 0 saturated carbocycles. The molecule has 5 heteroatoms. The number of ether oxygens (including phenoxy) is 1. The minimum absolute atomic E-state index is 0.371. The Hall–Kier alpha value is -1.75. The summed E-state index contributed by atoms with van der Waals surface area (Å²) < 4.78 is 5.14. The van der Waals surface area contributed by atoms with Gasteiger partial charge in [-0.15, -0.1) is 0 Å². The second-order valence-electron chi connectivity index (χ2n) is 5.66. The second kappa shape index (κ2) is 7.75. The number of nitrogens with two attached hydrogens (primary N) is 1. The Bertz CT molecular complexity index is 427. The molecule has 112 valence electrons. The van der Waals surface area contributed by atoms with Gasteiger partial charge < -0.3 is 21.1 Å². The van der Waals surface area contributed by atoms with Crippen molar-refractivity contribution in [1.29, 1.82) is 0 Å². The topological polar surface area (TPSA) is 76.4 Å². The Morgan fingerprint density at radius 1 is 1.25 bits per heavy atom. The van der Waals surface area contributed by atoms with Gasteiger partial charge in [-0.3, -0.25) is 0 Å². The normalized spacial score (nSPS) is 11.2. The van der Waals surface area contributed by atoms with Gasteiger partial charge in [0.25, 0.3) is 0 Å². The third-order valence-electron chi connectivity index (χ3n) is 2.57. The number of carbonyl (C=O) groups is 1. The number of alkyl carbamates (subject to hydrolysis) is 1. The first-order valence-electron chi connectivity index (χ1n) is 6.89. The molecule has 1 amide bonds. The molecule has 0 aromatic heterocycles. The molecule has 0 aliphatic rings. The van der Waals surface area contributed by atoms with Crippen LogP contribution in [0, 0.1) is 0 Å². The molecule has 4 N–H and O–H groups in total. The largest absolute Gasteiger partial charge is 0.444 e. The fourth-order valence-electron chi connectivity index (χ4n) is 1.64. The zero-order chi connectivity index (χ0) is 15.0. The highest BCUT2D eigenvalue weighted by atomic mass is 16.6. The first kappa shape index (κ1) is 16.3. The molecule has 0 aliphatic heterocycles. The van der Waals surface area contributed by atoms with Crippen molar-refractivity contribution >= 4 is 11.8 Å². The van der Waals surface area contributed by atoms with Crippen LogP contribution in [0.2, 0.25) is 0 Å². The lowest BCUT2D eigenvalue weighted by Crippen LogP contribution is -2.33. The third kappa shape index (κ3) is 6.99. The predicted octanol–water partition coefficient (Wildman–Crippen LogP) is 2.27. The van der Waals surface area contributed by atoms with Crippen LogP contribution in [0.1, 0.15) is 32.8 Å². The highest BCUT2D eigenvalue weighted by molar-refractivity contribution is 5.67. The van der Waals surface area contributed by atoms with Gasteiger partial charge in [-0.2, -0.15) is 0 Å². The van der Waals surface area contributed by atoms with Crippen LogP contribution in [-0.4, -0.2) is 24.8 Å². The molecule has 5 nitrogen and oxygen atoms in total. The molecule has 0 saturated heterocycles. The van der Waals surface area contributed by atoms with Crippen molar-refractivity contribution in [2.75, 3.05) is 18.8 Å². The molecular weight excluding hydrogens is 254 g/mol. The van der Waals surface area contributed by atoms with E-state index in [1.54, 1.807) is 0 Å². The minimum Gasteiger partial charge on any atom is -0.444 e. The Balaban J connectivity index is 2.08. The zero-order valence-corrected chi connectivity index (χ0v) is 12.5. The summed E-state index contributed by atoms with van der Waals surface area (Å²) in [7, 11) is 0. The smallest absolute Gasteiger partial charge is 0.407 e. The summed E-state index contributed by atoms with van der Waals surface area (Å²) in [5.41, 5.74) is 7.28. The number of para-hydroxylation sites is 1. The molecule has 0 bridgehead atoms. The highest BCUT2D eigenvalue weighted by Crippen LogP contribution is 2.09. The summed E-state index contributed by atoms with van der Waals surface area (Å²) in [6.45, 7) is 7.67. The molecule has 0 atom stereocenters. The summed E-state index contributed by atoms with van der Waals surface area (Å²) in [6.07, 6.45) is 0.469. The lowest BCUT2D eigenvalue weighted by atomic mass is 10.2. The molecular formula is C15H25N3O2. The van der Waals surface area contributed by atoms with Crippen LogP contribution in [0.15, 0.2) is 24.3 Å². The Labute approximate surface area is 120 Å². The van der Waals surface area contributed by atoms with Crippen LogP contribution in [0.3, 0.4) is 0 Å². The average Bonchev–Trinajstić information content (AvgIpc) is 2.33. The SMILES string of the molecule is CC(C)(C)OC(=O)NCCCNCc1ccccc1N. The van der Waals surface area contributed by atoms with E-state index in [-0.39, 0.29) is 6.09 Å². The molecule has 20 heavy (non-hydrogen) atoms. The van der Waals surface area contributed by atoms with Gasteiger partial charge in [-0.05, 0) is 45.4 Å². The van der Waals surface area contributed by atoms with Crippen molar-refractivity contribution in [3.05, 3.63) is 29.8 Å². The number of hydrogen-bond donors (Lipinski definition) is 3. The lowest BCUT2D eigenvalue weighted by Gasteiger charge is -2.19. The van der Waals surface area contributed by atoms with E-state index in [0.717, 1.165) is 30.8 Å². The summed E-state index contributed by atoms with van der Waals surface area (Å²) in [6, 6.07) is 7.78. The number of hydrogen-bond acceptors (Lipinski definition) is 4. The fraction of sp³-hybridized carbons (Fsp3) is 0.533. The van der Waals surface area contributed by atoms with E-state index in [1.165, 1.54) is 0 Å². The van der Waals surface area contributed by atoms with Crippen LogP contribution in [-0.2, 0) is 11.3 Å². The maximum atomic E-state index is 11.4. The molecule has 0 spiro atoms. The van der Waals surface area contributed by atoms with Crippen LogP contribution in [0.5, 0.6) is 0 Å². The average molecular weight is 279 g/mol. The maximum Gasteiger partial charge on any atom is 0.407 e. The highest BCUT2D eigenvalue weighted by Gasteiger charge is 2.15. The number of anilines is 1. The number of carbonyl (C=O) groups excluding carboxylic acids is 1. The summed E-state index contributed by atoms with van der Waals surface area (Å²) >= 11 is 0. The maximum absolute atomic E-state index is 11.4. The van der Waals surface area contributed by atoms with Crippen molar-refractivity contribution in [2.45, 2.75) is 39.3 Å². The zero-order valence-electron chi connectivity index (χ0n) is 12.5. The molecule has 0 unspecified atom stereocenters. The fourth-order valence-corrected chi connectivity index (χ4v) is 1.64. The second-order valence-corrected chi connectivity index (χ2v) is 5.66. The predicted molar refractivity (Wildman–Crippen MR) is 81.4 cm³/mol. The van der Waals surface area contributed by atoms with E-state index in [0.29, 0.717) is 6.54 Å². The van der Waals surface area contributed by atoms with Crippen molar-refractivity contribution < 1.29 is 9.53 Å². The Kier molecular flexibility index (Phi) is 6.31. The number of nitrogens with one attached hydrogen (secondary N) is 2. The van der Waals surface area contributed by atoms with E-state index in [1.807, 2.05) is 45.0 Å². The first-order valence-corrected chi connectivity index (χ1v) is 6.89. The van der Waals surface area contributed by atoms with Crippen LogP contribution < -0.4 is 16.4 Å². The number of benzene rings is 1. The summed E-state index contributed by atoms with van der Waals surface area (Å²) in [4.78, 5) is 11.4. The standard InChI is InChI=1S/C15H25N3O2/c1-15(2,3)20-14(19)18-10-6-9-17-11-12-7-4-5-8-13(12)16/h4-5,7-8,17H,6,9-11,16H2,1-3H3,(H,18,19). The minimum atomic E-state index is -0.451. The monoisotopic (exact) mass is 279 g/mol. The van der Waals surface area contributed by atoms with Crippen molar-refractivity contribution in [1.82, 2.24) is 10.6 Å². The van der Waals surface area contributed by atoms with Gasteiger partial charge in [0.2, 0.25) is 0 Å². The Morgan fingerprint density at radius 2 is 1.95 bits per heavy atom. The molecule has 1 aromatic carbocycles. The number of nitrogen functional groups attached to an aromatic ring is 1. The van der Waals surface area contributed by atoms with E-state index >= 15 is 0 Å². The lowest BCUT2D eigenvalue weighted by molar-refractivity contribution is 0.0527. The third-order valence-corrected chi connectivity index (χ3v) is 2.57. The van der Waals surface area contributed by atoms with Gasteiger partial charge in [0.15, 0.2) is 0 Å². The molecule has 0 heterocycles. The van der Waals surface area contributed by atoms with Gasteiger partial charge in [-0.25, -0.2) is 4.79 Å². The van der Waals surface area contributed by atoms with Crippen molar-refractivity contribution in [3.8, 4) is 0 Å². The van der Waals surface area contributed by atoms with E-state index in [2.05, 4.69) is 10.6 Å². The van der Waals surface area contributed by atoms with E-state index in [4.69, 9.17) is 10.5 Å². The van der Waals surface area contributed by atoms with Gasteiger partial charge >= 0.3 is 6.09 Å². The molecule has 0 aliphatic carbocycles. The number of amides is 1. The summed E-state index contributed by atoms with van der Waals surface area (Å²) in [5, 5.41) is 6.02. The van der Waals surface area contributed by atoms with E-state index in [9.17, 15) is 4.79 Å². The Morgan fingerprint density at radius 3 is 2.60 bits per heavy atom. The van der Waals surface area contributed by atoms with Crippen molar-refractivity contribution in [2.24, 2.45) is 0 Å². The van der Waals surface area contributed by atoms with Crippen LogP contribution in [0.25, 0.3) is 0 Å². The molecule has 1 rings (SSSR count). The molecule has 0 radical (unpaired) electrons. The van der Waals surface area contributed by atoms with Gasteiger partial charge in [0.1, 0.15) is 5.60 Å². The molecule has 0 fully saturated rings.